The number of aromatic nitrogens is 2. The third-order valence-electron chi connectivity index (χ3n) is 3.07. The smallest absolute Gasteiger partial charge is 0.286 e. The van der Waals surface area contributed by atoms with Gasteiger partial charge in [0.1, 0.15) is 5.82 Å². The summed E-state index contributed by atoms with van der Waals surface area (Å²) in [5, 5.41) is 11.9. The fourth-order valence-corrected chi connectivity index (χ4v) is 3.06. The molecular formula is C17H10Cl2FN3OS. The van der Waals surface area contributed by atoms with E-state index in [9.17, 15) is 9.18 Å². The highest BCUT2D eigenvalue weighted by atomic mass is 35.5. The van der Waals surface area contributed by atoms with Gasteiger partial charge in [0.15, 0.2) is 5.01 Å². The number of anilines is 1. The first kappa shape index (κ1) is 17.5. The van der Waals surface area contributed by atoms with Gasteiger partial charge in [0, 0.05) is 10.7 Å². The summed E-state index contributed by atoms with van der Waals surface area (Å²) < 4.78 is 12.9. The summed E-state index contributed by atoms with van der Waals surface area (Å²) in [5.74, 6) is -0.822. The van der Waals surface area contributed by atoms with Crippen LogP contribution >= 0.6 is 34.5 Å². The van der Waals surface area contributed by atoms with E-state index in [1.807, 2.05) is 6.07 Å². The molecule has 0 aliphatic rings. The van der Waals surface area contributed by atoms with Crippen LogP contribution in [-0.4, -0.2) is 16.1 Å². The molecule has 1 heterocycles. The van der Waals surface area contributed by atoms with Crippen molar-refractivity contribution in [3.63, 3.8) is 0 Å². The molecule has 8 heteroatoms. The van der Waals surface area contributed by atoms with Crippen LogP contribution in [0.4, 0.5) is 10.1 Å². The molecule has 2 aromatic carbocycles. The summed E-state index contributed by atoms with van der Waals surface area (Å²) in [5.41, 5.74) is 1.27. The molecule has 4 nitrogen and oxygen atoms in total. The third kappa shape index (κ3) is 4.63. The molecule has 25 heavy (non-hydrogen) atoms. The molecular weight excluding hydrogens is 384 g/mol. The van der Waals surface area contributed by atoms with Crippen LogP contribution in [0, 0.1) is 5.82 Å². The predicted octanol–water partition coefficient (Wildman–Crippen LogP) is 5.32. The van der Waals surface area contributed by atoms with Crippen molar-refractivity contribution in [2.75, 3.05) is 5.32 Å². The molecule has 1 aromatic heterocycles. The molecule has 1 amide bonds. The number of nitrogens with one attached hydrogen (secondary N) is 1. The van der Waals surface area contributed by atoms with Crippen LogP contribution in [0.25, 0.3) is 11.1 Å². The summed E-state index contributed by atoms with van der Waals surface area (Å²) >= 11 is 13.2. The van der Waals surface area contributed by atoms with E-state index in [-0.39, 0.29) is 10.8 Å². The zero-order chi connectivity index (χ0) is 17.8. The molecule has 0 fully saturated rings. The van der Waals surface area contributed by atoms with E-state index in [1.165, 1.54) is 24.3 Å². The second-order valence-electron chi connectivity index (χ2n) is 4.92. The molecule has 0 radical (unpaired) electrons. The maximum absolute atomic E-state index is 12.9. The normalized spacial score (nSPS) is 11.4. The second kappa shape index (κ2) is 7.74. The molecule has 0 bridgehead atoms. The minimum Gasteiger partial charge on any atom is -0.320 e. The Labute approximate surface area is 156 Å². The highest BCUT2D eigenvalue weighted by molar-refractivity contribution is 7.15. The maximum Gasteiger partial charge on any atom is 0.286 e. The summed E-state index contributed by atoms with van der Waals surface area (Å²) in [4.78, 5) is 12.2. The minimum absolute atomic E-state index is 0.150. The van der Waals surface area contributed by atoms with Gasteiger partial charge >= 0.3 is 0 Å². The summed E-state index contributed by atoms with van der Waals surface area (Å²) in [6.07, 6.45) is 1.69. The lowest BCUT2D eigenvalue weighted by atomic mass is 10.2. The van der Waals surface area contributed by atoms with Crippen LogP contribution in [0.1, 0.15) is 20.4 Å². The Morgan fingerprint density at radius 1 is 1.12 bits per heavy atom. The van der Waals surface area contributed by atoms with Crippen molar-refractivity contribution in [2.45, 2.75) is 0 Å². The van der Waals surface area contributed by atoms with Crippen LogP contribution in [0.2, 0.25) is 5.02 Å². The van der Waals surface area contributed by atoms with Crippen LogP contribution in [0.15, 0.2) is 48.5 Å². The quantitative estimate of drug-likeness (QED) is 0.652. The van der Waals surface area contributed by atoms with Crippen molar-refractivity contribution in [3.05, 3.63) is 74.9 Å². The number of rotatable bonds is 4. The van der Waals surface area contributed by atoms with Gasteiger partial charge in [0.2, 0.25) is 5.01 Å². The fraction of sp³-hybridized carbons (Fsp3) is 0. The summed E-state index contributed by atoms with van der Waals surface area (Å²) in [6.45, 7) is 0. The van der Waals surface area contributed by atoms with Crippen molar-refractivity contribution in [3.8, 4) is 0 Å². The molecule has 3 aromatic rings. The number of amides is 1. The lowest BCUT2D eigenvalue weighted by Gasteiger charge is -2.01. The minimum atomic E-state index is -0.442. The molecule has 0 saturated carbocycles. The Balaban J connectivity index is 1.75. The van der Waals surface area contributed by atoms with Gasteiger partial charge in [0.25, 0.3) is 5.91 Å². The number of hydrogen-bond donors (Lipinski definition) is 1. The topological polar surface area (TPSA) is 54.9 Å². The standard InChI is InChI=1S/C17H10Cl2FN3OS/c18-11-3-1-2-10(8-11)9-14(19)16-22-23-17(25-16)15(24)21-13-6-4-12(20)5-7-13/h1-9H,(H,21,24)/b14-9-. The van der Waals surface area contributed by atoms with Crippen molar-refractivity contribution < 1.29 is 9.18 Å². The van der Waals surface area contributed by atoms with E-state index in [0.29, 0.717) is 20.7 Å². The van der Waals surface area contributed by atoms with Gasteiger partial charge in [-0.15, -0.1) is 10.2 Å². The van der Waals surface area contributed by atoms with Crippen molar-refractivity contribution >= 4 is 57.2 Å². The van der Waals surface area contributed by atoms with E-state index in [4.69, 9.17) is 23.2 Å². The average molecular weight is 394 g/mol. The van der Waals surface area contributed by atoms with E-state index >= 15 is 0 Å². The van der Waals surface area contributed by atoms with Crippen LogP contribution in [0.3, 0.4) is 0 Å². The fourth-order valence-electron chi connectivity index (χ4n) is 1.93. The molecule has 0 atom stereocenters. The van der Waals surface area contributed by atoms with E-state index < -0.39 is 5.91 Å². The summed E-state index contributed by atoms with van der Waals surface area (Å²) in [7, 11) is 0. The van der Waals surface area contributed by atoms with Crippen molar-refractivity contribution in [2.24, 2.45) is 0 Å². The lowest BCUT2D eigenvalue weighted by Crippen LogP contribution is -2.11. The zero-order valence-corrected chi connectivity index (χ0v) is 14.9. The molecule has 0 unspecified atom stereocenters. The highest BCUT2D eigenvalue weighted by Crippen LogP contribution is 2.26. The molecule has 0 spiro atoms. The Morgan fingerprint density at radius 2 is 1.84 bits per heavy atom. The first-order valence-electron chi connectivity index (χ1n) is 7.05. The SMILES string of the molecule is O=C(Nc1ccc(F)cc1)c1nnc(/C(Cl)=C/c2cccc(Cl)c2)s1. The average Bonchev–Trinajstić information content (AvgIpc) is 3.07. The largest absolute Gasteiger partial charge is 0.320 e. The van der Waals surface area contributed by atoms with Crippen LogP contribution in [-0.2, 0) is 0 Å². The number of nitrogens with zero attached hydrogens (tertiary/aromatic N) is 2. The van der Waals surface area contributed by atoms with Crippen molar-refractivity contribution in [1.82, 2.24) is 10.2 Å². The Kier molecular flexibility index (Phi) is 5.43. The van der Waals surface area contributed by atoms with Crippen molar-refractivity contribution in [1.29, 1.82) is 0 Å². The zero-order valence-electron chi connectivity index (χ0n) is 12.5. The van der Waals surface area contributed by atoms with Gasteiger partial charge < -0.3 is 5.32 Å². The van der Waals surface area contributed by atoms with Gasteiger partial charge in [0.05, 0.1) is 5.03 Å². The van der Waals surface area contributed by atoms with Gasteiger partial charge in [-0.1, -0.05) is 46.7 Å². The number of halogens is 3. The molecule has 3 rings (SSSR count). The maximum atomic E-state index is 12.9. The van der Waals surface area contributed by atoms with Crippen LogP contribution in [0.5, 0.6) is 0 Å². The lowest BCUT2D eigenvalue weighted by molar-refractivity contribution is 0.102. The van der Waals surface area contributed by atoms with E-state index in [2.05, 4.69) is 15.5 Å². The van der Waals surface area contributed by atoms with E-state index in [1.54, 1.807) is 24.3 Å². The van der Waals surface area contributed by atoms with E-state index in [0.717, 1.165) is 16.9 Å². The summed E-state index contributed by atoms with van der Waals surface area (Å²) in [6, 6.07) is 12.6. The van der Waals surface area contributed by atoms with Gasteiger partial charge in [-0.25, -0.2) is 4.39 Å². The number of hydrogen-bond acceptors (Lipinski definition) is 4. The molecule has 126 valence electrons. The third-order valence-corrected chi connectivity index (χ3v) is 4.66. The monoisotopic (exact) mass is 393 g/mol. The number of carbonyl (C=O) groups excluding carboxylic acids is 1. The first-order chi connectivity index (χ1) is 12.0. The number of carbonyl (C=O) groups is 1. The second-order valence-corrected chi connectivity index (χ2v) is 6.74. The Morgan fingerprint density at radius 3 is 2.56 bits per heavy atom. The molecule has 0 aliphatic heterocycles. The predicted molar refractivity (Wildman–Crippen MR) is 99.4 cm³/mol. The van der Waals surface area contributed by atoms with Gasteiger partial charge in [-0.2, -0.15) is 0 Å². The molecule has 0 aliphatic carbocycles. The Hall–Kier alpha value is -2.28. The highest BCUT2D eigenvalue weighted by Gasteiger charge is 2.15. The first-order valence-corrected chi connectivity index (χ1v) is 8.62. The van der Waals surface area contributed by atoms with Gasteiger partial charge in [-0.05, 0) is 48.0 Å². The molecule has 0 saturated heterocycles. The number of benzene rings is 2. The van der Waals surface area contributed by atoms with Gasteiger partial charge in [-0.3, -0.25) is 4.79 Å². The van der Waals surface area contributed by atoms with Crippen LogP contribution < -0.4 is 5.32 Å². The molecule has 1 N–H and O–H groups in total. The Bertz CT molecular complexity index is 941.